The quantitative estimate of drug-likeness (QED) is 0.899. The lowest BCUT2D eigenvalue weighted by Gasteiger charge is -2.32. The number of halogens is 1. The highest BCUT2D eigenvalue weighted by molar-refractivity contribution is 6.30. The molecule has 0 spiro atoms. The predicted molar refractivity (Wildman–Crippen MR) is 87.8 cm³/mol. The first-order valence-electron chi connectivity index (χ1n) is 7.72. The molecule has 2 atom stereocenters. The van der Waals surface area contributed by atoms with E-state index in [9.17, 15) is 0 Å². The van der Waals surface area contributed by atoms with Crippen LogP contribution in [0, 0.1) is 0 Å². The smallest absolute Gasteiger partial charge is 0.0485 e. The highest BCUT2D eigenvalue weighted by Crippen LogP contribution is 2.39. The fraction of sp³-hybridized carbons (Fsp3) is 0.389. The molecule has 1 aliphatic carbocycles. The van der Waals surface area contributed by atoms with Crippen molar-refractivity contribution in [2.45, 2.75) is 38.1 Å². The van der Waals surface area contributed by atoms with E-state index in [1.165, 1.54) is 29.7 Å². The monoisotopic (exact) mass is 300 g/mol. The number of rotatable bonds is 4. The number of aromatic nitrogens is 1. The summed E-state index contributed by atoms with van der Waals surface area (Å²) >= 11 is 6.03. The Balaban J connectivity index is 1.96. The molecule has 1 heterocycles. The standard InChI is InChI=1S/C18H21ClN2/c1-2-20-17(14-8-10-15(19)11-9-14)16-7-3-5-13-6-4-12-21-18(13)16/h4,6,8-12,16-17,20H,2-3,5,7H2,1H3. The molecule has 1 aromatic carbocycles. The minimum absolute atomic E-state index is 0.307. The zero-order valence-corrected chi connectivity index (χ0v) is 13.1. The molecule has 2 nitrogen and oxygen atoms in total. The number of benzene rings is 1. The van der Waals surface area contributed by atoms with Crippen molar-refractivity contribution >= 4 is 11.6 Å². The SMILES string of the molecule is CCNC(c1ccc(Cl)cc1)C1CCCc2cccnc21. The van der Waals surface area contributed by atoms with Crippen LogP contribution in [0.25, 0.3) is 0 Å². The molecule has 0 amide bonds. The summed E-state index contributed by atoms with van der Waals surface area (Å²) in [7, 11) is 0. The molecular formula is C18H21ClN2. The van der Waals surface area contributed by atoms with Gasteiger partial charge in [0.25, 0.3) is 0 Å². The van der Waals surface area contributed by atoms with Crippen molar-refractivity contribution in [3.05, 3.63) is 64.4 Å². The van der Waals surface area contributed by atoms with Crippen LogP contribution in [0.3, 0.4) is 0 Å². The zero-order valence-electron chi connectivity index (χ0n) is 12.3. The van der Waals surface area contributed by atoms with Gasteiger partial charge in [-0.25, -0.2) is 0 Å². The third-order valence-electron chi connectivity index (χ3n) is 4.29. The van der Waals surface area contributed by atoms with Crippen molar-refractivity contribution in [2.75, 3.05) is 6.54 Å². The normalized spacial score (nSPS) is 19.0. The molecule has 2 aromatic rings. The summed E-state index contributed by atoms with van der Waals surface area (Å²) in [6, 6.07) is 12.8. The lowest BCUT2D eigenvalue weighted by molar-refractivity contribution is 0.400. The van der Waals surface area contributed by atoms with Crippen molar-refractivity contribution in [3.63, 3.8) is 0 Å². The summed E-state index contributed by atoms with van der Waals surface area (Å²) in [6.45, 7) is 3.11. The van der Waals surface area contributed by atoms with E-state index >= 15 is 0 Å². The molecule has 110 valence electrons. The number of hydrogen-bond acceptors (Lipinski definition) is 2. The maximum atomic E-state index is 6.03. The van der Waals surface area contributed by atoms with Crippen molar-refractivity contribution in [1.29, 1.82) is 0 Å². The Morgan fingerprint density at radius 2 is 2.10 bits per heavy atom. The third-order valence-corrected chi connectivity index (χ3v) is 4.55. The van der Waals surface area contributed by atoms with Crippen LogP contribution in [-0.2, 0) is 6.42 Å². The fourth-order valence-corrected chi connectivity index (χ4v) is 3.48. The largest absolute Gasteiger partial charge is 0.310 e. The van der Waals surface area contributed by atoms with Crippen LogP contribution in [-0.4, -0.2) is 11.5 Å². The van der Waals surface area contributed by atoms with E-state index in [1.807, 2.05) is 24.4 Å². The Hall–Kier alpha value is -1.38. The molecule has 3 heteroatoms. The van der Waals surface area contributed by atoms with E-state index in [4.69, 9.17) is 11.6 Å². The first kappa shape index (κ1) is 14.6. The summed E-state index contributed by atoms with van der Waals surface area (Å²) in [6.07, 6.45) is 5.49. The highest BCUT2D eigenvalue weighted by Gasteiger charge is 2.29. The highest BCUT2D eigenvalue weighted by atomic mass is 35.5. The molecular weight excluding hydrogens is 280 g/mol. The van der Waals surface area contributed by atoms with Gasteiger partial charge in [0, 0.05) is 28.9 Å². The molecule has 0 bridgehead atoms. The van der Waals surface area contributed by atoms with Gasteiger partial charge in [0.15, 0.2) is 0 Å². The second-order valence-corrected chi connectivity index (χ2v) is 6.07. The zero-order chi connectivity index (χ0) is 14.7. The Bertz CT molecular complexity index is 594. The molecule has 1 aliphatic rings. The Morgan fingerprint density at radius 3 is 2.86 bits per heavy atom. The lowest BCUT2D eigenvalue weighted by Crippen LogP contribution is -2.29. The van der Waals surface area contributed by atoms with Gasteiger partial charge in [-0.15, -0.1) is 0 Å². The maximum Gasteiger partial charge on any atom is 0.0485 e. The van der Waals surface area contributed by atoms with E-state index in [1.54, 1.807) is 0 Å². The molecule has 1 aromatic heterocycles. The molecule has 3 rings (SSSR count). The first-order chi connectivity index (χ1) is 10.3. The number of nitrogens with one attached hydrogen (secondary N) is 1. The molecule has 0 radical (unpaired) electrons. The minimum atomic E-state index is 0.307. The van der Waals surface area contributed by atoms with Crippen molar-refractivity contribution in [1.82, 2.24) is 10.3 Å². The molecule has 0 fully saturated rings. The minimum Gasteiger partial charge on any atom is -0.310 e. The second kappa shape index (κ2) is 6.59. The number of likely N-dealkylation sites (N-methyl/N-ethyl adjacent to an activating group) is 1. The van der Waals surface area contributed by atoms with E-state index in [2.05, 4.69) is 35.4 Å². The van der Waals surface area contributed by atoms with Crippen LogP contribution < -0.4 is 5.32 Å². The molecule has 0 saturated carbocycles. The van der Waals surface area contributed by atoms with Crippen LogP contribution in [0.1, 0.15) is 48.5 Å². The second-order valence-electron chi connectivity index (χ2n) is 5.63. The van der Waals surface area contributed by atoms with Crippen molar-refractivity contribution in [3.8, 4) is 0 Å². The summed E-state index contributed by atoms with van der Waals surface area (Å²) in [4.78, 5) is 4.68. The number of nitrogens with zero attached hydrogens (tertiary/aromatic N) is 1. The van der Waals surface area contributed by atoms with Gasteiger partial charge in [-0.3, -0.25) is 4.98 Å². The maximum absolute atomic E-state index is 6.03. The van der Waals surface area contributed by atoms with E-state index in [0.29, 0.717) is 12.0 Å². The molecule has 21 heavy (non-hydrogen) atoms. The molecule has 0 aliphatic heterocycles. The van der Waals surface area contributed by atoms with E-state index in [-0.39, 0.29) is 0 Å². The number of fused-ring (bicyclic) bond motifs is 1. The average molecular weight is 301 g/mol. The Labute approximate surface area is 131 Å². The number of hydrogen-bond donors (Lipinski definition) is 1. The average Bonchev–Trinajstić information content (AvgIpc) is 2.53. The Kier molecular flexibility index (Phi) is 4.57. The van der Waals surface area contributed by atoms with E-state index < -0.39 is 0 Å². The van der Waals surface area contributed by atoms with Gasteiger partial charge in [0.05, 0.1) is 0 Å². The van der Waals surface area contributed by atoms with E-state index in [0.717, 1.165) is 18.0 Å². The van der Waals surface area contributed by atoms with Gasteiger partial charge < -0.3 is 5.32 Å². The lowest BCUT2D eigenvalue weighted by atomic mass is 9.79. The number of aryl methyl sites for hydroxylation is 1. The predicted octanol–water partition coefficient (Wildman–Crippen LogP) is 4.51. The molecule has 2 unspecified atom stereocenters. The number of pyridine rings is 1. The van der Waals surface area contributed by atoms with Gasteiger partial charge in [0.1, 0.15) is 0 Å². The third kappa shape index (κ3) is 3.12. The van der Waals surface area contributed by atoms with Crippen LogP contribution in [0.4, 0.5) is 0 Å². The van der Waals surface area contributed by atoms with Crippen LogP contribution >= 0.6 is 11.6 Å². The van der Waals surface area contributed by atoms with Gasteiger partial charge in [-0.05, 0) is 55.1 Å². The topological polar surface area (TPSA) is 24.9 Å². The summed E-state index contributed by atoms with van der Waals surface area (Å²) in [5, 5.41) is 4.43. The van der Waals surface area contributed by atoms with Crippen molar-refractivity contribution in [2.24, 2.45) is 0 Å². The van der Waals surface area contributed by atoms with Crippen LogP contribution in [0.5, 0.6) is 0 Å². The van der Waals surface area contributed by atoms with Gasteiger partial charge in [-0.2, -0.15) is 0 Å². The fourth-order valence-electron chi connectivity index (χ4n) is 3.35. The summed E-state index contributed by atoms with van der Waals surface area (Å²) in [5.74, 6) is 0.441. The molecule has 0 saturated heterocycles. The molecule has 1 N–H and O–H groups in total. The summed E-state index contributed by atoms with van der Waals surface area (Å²) in [5.41, 5.74) is 3.97. The van der Waals surface area contributed by atoms with Gasteiger partial charge >= 0.3 is 0 Å². The van der Waals surface area contributed by atoms with Crippen molar-refractivity contribution < 1.29 is 0 Å². The van der Waals surface area contributed by atoms with Crippen LogP contribution in [0.15, 0.2) is 42.6 Å². The van der Waals surface area contributed by atoms with Gasteiger partial charge in [-0.1, -0.05) is 36.7 Å². The Morgan fingerprint density at radius 1 is 1.29 bits per heavy atom. The first-order valence-corrected chi connectivity index (χ1v) is 8.10. The van der Waals surface area contributed by atoms with Gasteiger partial charge in [0.2, 0.25) is 0 Å². The summed E-state index contributed by atoms with van der Waals surface area (Å²) < 4.78 is 0. The van der Waals surface area contributed by atoms with Crippen LogP contribution in [0.2, 0.25) is 5.02 Å².